The van der Waals surface area contributed by atoms with Crippen LogP contribution in [0.4, 0.5) is 5.95 Å². The monoisotopic (exact) mass is 438 g/mol. The first-order valence-electron chi connectivity index (χ1n) is 10.4. The van der Waals surface area contributed by atoms with Gasteiger partial charge in [0.15, 0.2) is 9.84 Å². The molecular formula is C19H30N6O4S. The lowest BCUT2D eigenvalue weighted by Crippen LogP contribution is -2.45. The Morgan fingerprint density at radius 1 is 1.33 bits per heavy atom. The highest BCUT2D eigenvalue weighted by atomic mass is 32.2. The molecule has 0 aliphatic carbocycles. The molecule has 0 radical (unpaired) electrons. The van der Waals surface area contributed by atoms with Gasteiger partial charge in [-0.05, 0) is 24.8 Å². The largest absolute Gasteiger partial charge is 0.382 e. The van der Waals surface area contributed by atoms with Crippen molar-refractivity contribution in [2.45, 2.75) is 37.8 Å². The number of anilines is 1. The number of morpholine rings is 1. The Kier molecular flexibility index (Phi) is 6.40. The molecule has 0 bridgehead atoms. The Hall–Kier alpha value is -1.98. The summed E-state index contributed by atoms with van der Waals surface area (Å²) in [5, 5.41) is 13.2. The number of methoxy groups -OCH3 is 1. The van der Waals surface area contributed by atoms with Gasteiger partial charge in [0, 0.05) is 45.9 Å². The highest BCUT2D eigenvalue weighted by Crippen LogP contribution is 2.30. The summed E-state index contributed by atoms with van der Waals surface area (Å²) >= 11 is 0. The molecule has 2 aliphatic rings. The number of aryl methyl sites for hydroxylation is 2. The second-order valence-corrected chi connectivity index (χ2v) is 10.4. The number of ether oxygens (including phenoxy) is 2. The van der Waals surface area contributed by atoms with Crippen LogP contribution in [0.1, 0.15) is 30.1 Å². The van der Waals surface area contributed by atoms with E-state index in [1.165, 1.54) is 5.56 Å². The molecule has 0 N–H and O–H groups in total. The van der Waals surface area contributed by atoms with E-state index in [0.717, 1.165) is 37.7 Å². The van der Waals surface area contributed by atoms with Crippen molar-refractivity contribution in [2.24, 2.45) is 7.05 Å². The van der Waals surface area contributed by atoms with E-state index >= 15 is 0 Å². The molecule has 4 heterocycles. The first kappa shape index (κ1) is 21.3. The predicted molar refractivity (Wildman–Crippen MR) is 111 cm³/mol. The Morgan fingerprint density at radius 2 is 2.20 bits per heavy atom. The summed E-state index contributed by atoms with van der Waals surface area (Å²) in [4.78, 5) is 2.18. The van der Waals surface area contributed by atoms with Gasteiger partial charge in [0.05, 0.1) is 37.0 Å². The second-order valence-electron chi connectivity index (χ2n) is 8.13. The van der Waals surface area contributed by atoms with Crippen LogP contribution in [-0.2, 0) is 39.3 Å². The molecule has 0 aromatic carbocycles. The molecule has 2 atom stereocenters. The van der Waals surface area contributed by atoms with Gasteiger partial charge >= 0.3 is 0 Å². The van der Waals surface area contributed by atoms with Crippen LogP contribution in [0.3, 0.4) is 0 Å². The van der Waals surface area contributed by atoms with E-state index in [9.17, 15) is 8.42 Å². The van der Waals surface area contributed by atoms with Crippen molar-refractivity contribution in [1.82, 2.24) is 24.5 Å². The Bertz CT molecular complexity index is 954. The van der Waals surface area contributed by atoms with Gasteiger partial charge in [0.2, 0.25) is 5.95 Å². The molecule has 10 nitrogen and oxygen atoms in total. The number of hydrogen-bond donors (Lipinski definition) is 0. The fraction of sp³-hybridized carbons (Fsp3) is 0.737. The van der Waals surface area contributed by atoms with E-state index in [1.807, 2.05) is 19.4 Å². The fourth-order valence-corrected chi connectivity index (χ4v) is 6.02. The Balaban J connectivity index is 1.54. The van der Waals surface area contributed by atoms with Crippen LogP contribution in [-0.4, -0.2) is 84.0 Å². The lowest BCUT2D eigenvalue weighted by molar-refractivity contribution is -0.0106. The van der Waals surface area contributed by atoms with Crippen LogP contribution >= 0.6 is 0 Å². The van der Waals surface area contributed by atoms with Gasteiger partial charge in [0.1, 0.15) is 5.82 Å². The van der Waals surface area contributed by atoms with Crippen molar-refractivity contribution in [3.8, 4) is 0 Å². The highest BCUT2D eigenvalue weighted by molar-refractivity contribution is 7.91. The summed E-state index contributed by atoms with van der Waals surface area (Å²) in [5.74, 6) is 1.87. The molecule has 2 aromatic rings. The fourth-order valence-electron chi connectivity index (χ4n) is 4.29. The van der Waals surface area contributed by atoms with Gasteiger partial charge in [-0.25, -0.2) is 8.42 Å². The average molecular weight is 439 g/mol. The van der Waals surface area contributed by atoms with Crippen molar-refractivity contribution >= 4 is 15.8 Å². The van der Waals surface area contributed by atoms with Gasteiger partial charge in [-0.3, -0.25) is 9.25 Å². The van der Waals surface area contributed by atoms with Gasteiger partial charge in [-0.2, -0.15) is 5.10 Å². The van der Waals surface area contributed by atoms with E-state index in [2.05, 4.69) is 24.8 Å². The summed E-state index contributed by atoms with van der Waals surface area (Å²) in [5.41, 5.74) is 1.18. The third-order valence-corrected chi connectivity index (χ3v) is 7.51. The van der Waals surface area contributed by atoms with Crippen molar-refractivity contribution in [2.75, 3.05) is 49.8 Å². The van der Waals surface area contributed by atoms with E-state index in [-0.39, 0.29) is 23.5 Å². The van der Waals surface area contributed by atoms with Crippen molar-refractivity contribution in [3.63, 3.8) is 0 Å². The van der Waals surface area contributed by atoms with E-state index in [0.29, 0.717) is 26.2 Å². The molecule has 0 saturated carbocycles. The highest BCUT2D eigenvalue weighted by Gasteiger charge is 2.34. The molecule has 2 saturated heterocycles. The SMILES string of the molecule is COCC1CN(c2nnc(C3CCS(=O)(=O)C3)n2CCCc2cnn(C)c2)CCO1. The molecule has 2 aromatic heterocycles. The number of hydrogen-bond acceptors (Lipinski definition) is 8. The van der Waals surface area contributed by atoms with E-state index < -0.39 is 9.84 Å². The summed E-state index contributed by atoms with van der Waals surface area (Å²) in [6, 6.07) is 0. The van der Waals surface area contributed by atoms with Gasteiger partial charge in [0.25, 0.3) is 0 Å². The summed E-state index contributed by atoms with van der Waals surface area (Å²) < 4.78 is 39.0. The molecule has 0 amide bonds. The lowest BCUT2D eigenvalue weighted by atomic mass is 10.1. The zero-order valence-electron chi connectivity index (χ0n) is 17.6. The van der Waals surface area contributed by atoms with Crippen LogP contribution in [0.15, 0.2) is 12.4 Å². The van der Waals surface area contributed by atoms with Gasteiger partial charge < -0.3 is 14.4 Å². The molecule has 2 aliphatic heterocycles. The molecule has 4 rings (SSSR count). The molecule has 2 unspecified atom stereocenters. The third kappa shape index (κ3) is 4.84. The normalized spacial score (nSPS) is 23.9. The minimum atomic E-state index is -3.00. The summed E-state index contributed by atoms with van der Waals surface area (Å²) in [6.45, 7) is 3.26. The quantitative estimate of drug-likeness (QED) is 0.583. The Morgan fingerprint density at radius 3 is 2.90 bits per heavy atom. The van der Waals surface area contributed by atoms with Crippen LogP contribution in [0.25, 0.3) is 0 Å². The first-order valence-corrected chi connectivity index (χ1v) is 12.2. The predicted octanol–water partition coefficient (Wildman–Crippen LogP) is 0.398. The van der Waals surface area contributed by atoms with Gasteiger partial charge in [-0.1, -0.05) is 0 Å². The molecule has 11 heteroatoms. The molecule has 166 valence electrons. The van der Waals surface area contributed by atoms with Crippen molar-refractivity contribution in [3.05, 3.63) is 23.8 Å². The Labute approximate surface area is 177 Å². The lowest BCUT2D eigenvalue weighted by Gasteiger charge is -2.33. The number of aromatic nitrogens is 5. The van der Waals surface area contributed by atoms with Crippen molar-refractivity contribution < 1.29 is 17.9 Å². The second kappa shape index (κ2) is 9.03. The minimum Gasteiger partial charge on any atom is -0.382 e. The number of nitrogens with zero attached hydrogens (tertiary/aromatic N) is 6. The van der Waals surface area contributed by atoms with Crippen LogP contribution in [0, 0.1) is 0 Å². The number of sulfone groups is 1. The summed E-state index contributed by atoms with van der Waals surface area (Å²) in [6.07, 6.45) is 6.29. The summed E-state index contributed by atoms with van der Waals surface area (Å²) in [7, 11) is 0.585. The zero-order valence-corrected chi connectivity index (χ0v) is 18.4. The third-order valence-electron chi connectivity index (χ3n) is 5.74. The van der Waals surface area contributed by atoms with E-state index in [1.54, 1.807) is 11.8 Å². The molecular weight excluding hydrogens is 408 g/mol. The van der Waals surface area contributed by atoms with Crippen LogP contribution in [0.5, 0.6) is 0 Å². The molecule has 2 fully saturated rings. The minimum absolute atomic E-state index is 0.0143. The maximum Gasteiger partial charge on any atom is 0.227 e. The molecule has 30 heavy (non-hydrogen) atoms. The van der Waals surface area contributed by atoms with Crippen LogP contribution < -0.4 is 4.90 Å². The standard InChI is InChI=1S/C19H30N6O4S/c1-23-11-15(10-20-23)4-3-6-25-18(16-5-9-30(26,27)14-16)21-22-19(25)24-7-8-29-17(12-24)13-28-2/h10-11,16-17H,3-9,12-14H2,1-2H3. The molecule has 0 spiro atoms. The average Bonchev–Trinajstić information content (AvgIpc) is 3.41. The van der Waals surface area contributed by atoms with Crippen molar-refractivity contribution in [1.29, 1.82) is 0 Å². The first-order chi connectivity index (χ1) is 14.4. The topological polar surface area (TPSA) is 104 Å². The number of rotatable bonds is 8. The maximum atomic E-state index is 12.0. The smallest absolute Gasteiger partial charge is 0.227 e. The van der Waals surface area contributed by atoms with Gasteiger partial charge in [-0.15, -0.1) is 10.2 Å². The zero-order chi connectivity index (χ0) is 21.1. The van der Waals surface area contributed by atoms with E-state index in [4.69, 9.17) is 9.47 Å². The maximum absolute atomic E-state index is 12.0. The van der Waals surface area contributed by atoms with Crippen LogP contribution in [0.2, 0.25) is 0 Å².